The van der Waals surface area contributed by atoms with Crippen LogP contribution in [0.5, 0.6) is 0 Å². The Bertz CT molecular complexity index is 319. The summed E-state index contributed by atoms with van der Waals surface area (Å²) in [5.74, 6) is 1.12. The molecule has 1 N–H and O–H groups in total. The first-order valence-electron chi connectivity index (χ1n) is 3.27. The Morgan fingerprint density at radius 3 is 2.64 bits per heavy atom. The molecule has 0 aromatic carbocycles. The highest BCUT2D eigenvalue weighted by molar-refractivity contribution is 7.71. The molecule has 4 heteroatoms. The van der Waals surface area contributed by atoms with Gasteiger partial charge in [0.1, 0.15) is 10.5 Å². The zero-order valence-electron chi connectivity index (χ0n) is 6.44. The zero-order valence-corrected chi connectivity index (χ0v) is 8.01. The minimum absolute atomic E-state index is 0.380. The summed E-state index contributed by atoms with van der Waals surface area (Å²) in [6.07, 6.45) is 0. The molecule has 11 heavy (non-hydrogen) atoms. The Kier molecular flexibility index (Phi) is 2.62. The lowest BCUT2D eigenvalue weighted by Crippen LogP contribution is -1.97. The maximum Gasteiger partial charge on any atom is 0.132 e. The Balaban J connectivity index is 3.32. The molecule has 0 saturated carbocycles. The second-order valence-corrected chi connectivity index (χ2v) is 3.03. The van der Waals surface area contributed by atoms with Gasteiger partial charge in [-0.05, 0) is 13.8 Å². The number of halogens is 1. The molecule has 0 radical (unpaired) electrons. The summed E-state index contributed by atoms with van der Waals surface area (Å²) >= 11 is 10.6. The smallest absolute Gasteiger partial charge is 0.132 e. The SMILES string of the molecule is Cc1[nH]c(CCl)nc(=S)c1C. The van der Waals surface area contributed by atoms with Crippen molar-refractivity contribution >= 4 is 23.8 Å². The van der Waals surface area contributed by atoms with Gasteiger partial charge in [0, 0.05) is 11.3 Å². The molecule has 0 saturated heterocycles. The maximum atomic E-state index is 5.58. The van der Waals surface area contributed by atoms with E-state index >= 15 is 0 Å². The standard InChI is InChI=1S/C7H9ClN2S/c1-4-5(2)9-6(3-8)10-7(4)11/h3H2,1-2H3,(H,9,10,11). The van der Waals surface area contributed by atoms with Gasteiger partial charge in [-0.2, -0.15) is 0 Å². The summed E-state index contributed by atoms with van der Waals surface area (Å²) < 4.78 is 0.636. The predicted octanol–water partition coefficient (Wildman–Crippen LogP) is 2.49. The first kappa shape index (κ1) is 8.68. The van der Waals surface area contributed by atoms with Crippen molar-refractivity contribution in [2.75, 3.05) is 0 Å². The van der Waals surface area contributed by atoms with E-state index in [9.17, 15) is 0 Å². The van der Waals surface area contributed by atoms with Gasteiger partial charge in [0.2, 0.25) is 0 Å². The van der Waals surface area contributed by atoms with Crippen molar-refractivity contribution in [3.8, 4) is 0 Å². The number of nitrogens with zero attached hydrogens (tertiary/aromatic N) is 1. The largest absolute Gasteiger partial charge is 0.346 e. The van der Waals surface area contributed by atoms with Gasteiger partial charge in [0.15, 0.2) is 0 Å². The van der Waals surface area contributed by atoms with Crippen LogP contribution in [0, 0.1) is 18.5 Å². The molecule has 0 spiro atoms. The van der Waals surface area contributed by atoms with E-state index in [4.69, 9.17) is 23.8 Å². The molecule has 1 aromatic rings. The van der Waals surface area contributed by atoms with Gasteiger partial charge in [-0.3, -0.25) is 0 Å². The van der Waals surface area contributed by atoms with Crippen LogP contribution in [0.25, 0.3) is 0 Å². The third-order valence-electron chi connectivity index (χ3n) is 1.58. The summed E-state index contributed by atoms with van der Waals surface area (Å²) in [7, 11) is 0. The molecule has 1 rings (SSSR count). The molecule has 2 nitrogen and oxygen atoms in total. The molecule has 0 unspecified atom stereocenters. The monoisotopic (exact) mass is 188 g/mol. The fraction of sp³-hybridized carbons (Fsp3) is 0.429. The molecular weight excluding hydrogens is 180 g/mol. The van der Waals surface area contributed by atoms with Crippen molar-refractivity contribution in [3.63, 3.8) is 0 Å². The van der Waals surface area contributed by atoms with Crippen molar-refractivity contribution in [2.24, 2.45) is 0 Å². The maximum absolute atomic E-state index is 5.58. The van der Waals surface area contributed by atoms with Crippen LogP contribution < -0.4 is 0 Å². The number of H-pyrrole nitrogens is 1. The number of hydrogen-bond acceptors (Lipinski definition) is 2. The van der Waals surface area contributed by atoms with Crippen molar-refractivity contribution in [1.82, 2.24) is 9.97 Å². The van der Waals surface area contributed by atoms with Crippen LogP contribution in [0.2, 0.25) is 0 Å². The average molecular weight is 189 g/mol. The number of hydrogen-bond donors (Lipinski definition) is 1. The van der Waals surface area contributed by atoms with Gasteiger partial charge in [-0.15, -0.1) is 11.6 Å². The van der Waals surface area contributed by atoms with Crippen LogP contribution >= 0.6 is 23.8 Å². The first-order valence-corrected chi connectivity index (χ1v) is 4.21. The van der Waals surface area contributed by atoms with Gasteiger partial charge in [-0.1, -0.05) is 12.2 Å². The van der Waals surface area contributed by atoms with E-state index in [1.54, 1.807) is 0 Å². The molecule has 0 amide bonds. The number of rotatable bonds is 1. The fourth-order valence-corrected chi connectivity index (χ4v) is 1.16. The van der Waals surface area contributed by atoms with Gasteiger partial charge < -0.3 is 4.98 Å². The van der Waals surface area contributed by atoms with Crippen LogP contribution in [0.4, 0.5) is 0 Å². The van der Waals surface area contributed by atoms with E-state index in [0.717, 1.165) is 17.1 Å². The molecule has 1 heterocycles. The third kappa shape index (κ3) is 1.79. The lowest BCUT2D eigenvalue weighted by Gasteiger charge is -2.01. The summed E-state index contributed by atoms with van der Waals surface area (Å²) in [5, 5.41) is 0. The highest BCUT2D eigenvalue weighted by Crippen LogP contribution is 2.05. The van der Waals surface area contributed by atoms with E-state index < -0.39 is 0 Å². The topological polar surface area (TPSA) is 28.7 Å². The third-order valence-corrected chi connectivity index (χ3v) is 2.23. The van der Waals surface area contributed by atoms with Gasteiger partial charge >= 0.3 is 0 Å². The summed E-state index contributed by atoms with van der Waals surface area (Å²) in [4.78, 5) is 7.14. The van der Waals surface area contributed by atoms with Crippen LogP contribution in [-0.4, -0.2) is 9.97 Å². The van der Waals surface area contributed by atoms with E-state index in [1.165, 1.54) is 0 Å². The van der Waals surface area contributed by atoms with Crippen molar-refractivity contribution in [3.05, 3.63) is 21.7 Å². The molecule has 0 atom stereocenters. The Morgan fingerprint density at radius 1 is 1.55 bits per heavy atom. The second kappa shape index (κ2) is 3.32. The predicted molar refractivity (Wildman–Crippen MR) is 48.5 cm³/mol. The van der Waals surface area contributed by atoms with E-state index in [0.29, 0.717) is 10.5 Å². The zero-order chi connectivity index (χ0) is 8.43. The molecular formula is C7H9ClN2S. The first-order chi connectivity index (χ1) is 5.15. The van der Waals surface area contributed by atoms with E-state index in [2.05, 4.69) is 9.97 Å². The molecule has 0 bridgehead atoms. The molecule has 0 aliphatic carbocycles. The Hall–Kier alpha value is -0.410. The van der Waals surface area contributed by atoms with Crippen LogP contribution in [0.15, 0.2) is 0 Å². The number of alkyl halides is 1. The minimum atomic E-state index is 0.380. The van der Waals surface area contributed by atoms with Gasteiger partial charge in [0.25, 0.3) is 0 Å². The number of aryl methyl sites for hydroxylation is 1. The lowest BCUT2D eigenvalue weighted by atomic mass is 10.3. The van der Waals surface area contributed by atoms with Gasteiger partial charge in [-0.25, -0.2) is 4.98 Å². The van der Waals surface area contributed by atoms with E-state index in [1.807, 2.05) is 13.8 Å². The second-order valence-electron chi connectivity index (χ2n) is 2.37. The van der Waals surface area contributed by atoms with Gasteiger partial charge in [0.05, 0.1) is 5.88 Å². The van der Waals surface area contributed by atoms with Crippen molar-refractivity contribution in [1.29, 1.82) is 0 Å². The molecule has 0 fully saturated rings. The normalized spacial score (nSPS) is 10.1. The molecule has 0 aliphatic heterocycles. The fourth-order valence-electron chi connectivity index (χ4n) is 0.768. The number of nitrogens with one attached hydrogen (secondary N) is 1. The number of aromatic nitrogens is 2. The van der Waals surface area contributed by atoms with E-state index in [-0.39, 0.29) is 0 Å². The minimum Gasteiger partial charge on any atom is -0.346 e. The summed E-state index contributed by atoms with van der Waals surface area (Å²) in [6, 6.07) is 0. The van der Waals surface area contributed by atoms with Crippen LogP contribution in [0.3, 0.4) is 0 Å². The van der Waals surface area contributed by atoms with Crippen molar-refractivity contribution < 1.29 is 0 Å². The van der Waals surface area contributed by atoms with Crippen LogP contribution in [0.1, 0.15) is 17.1 Å². The molecule has 60 valence electrons. The highest BCUT2D eigenvalue weighted by atomic mass is 35.5. The highest BCUT2D eigenvalue weighted by Gasteiger charge is 1.98. The summed E-state index contributed by atoms with van der Waals surface area (Å²) in [6.45, 7) is 3.90. The number of aromatic amines is 1. The van der Waals surface area contributed by atoms with Crippen LogP contribution in [-0.2, 0) is 5.88 Å². The van der Waals surface area contributed by atoms with Crippen molar-refractivity contribution in [2.45, 2.75) is 19.7 Å². The molecule has 1 aromatic heterocycles. The molecule has 0 aliphatic rings. The Labute approximate surface area is 75.6 Å². The summed E-state index contributed by atoms with van der Waals surface area (Å²) in [5.41, 5.74) is 2.06. The Morgan fingerprint density at radius 2 is 2.18 bits per heavy atom. The quantitative estimate of drug-likeness (QED) is 0.542. The lowest BCUT2D eigenvalue weighted by molar-refractivity contribution is 0.959. The average Bonchev–Trinajstić information content (AvgIpc) is 1.99.